The van der Waals surface area contributed by atoms with Crippen molar-refractivity contribution in [3.8, 4) is 11.5 Å². The van der Waals surface area contributed by atoms with E-state index in [1.54, 1.807) is 0 Å². The summed E-state index contributed by atoms with van der Waals surface area (Å²) >= 11 is 0. The SMILES string of the molecule is OC(CN1CCN(c2ccccn2)CC1)c1ccc2c(c1)OCCCO2. The number of benzene rings is 1. The number of anilines is 1. The lowest BCUT2D eigenvalue weighted by atomic mass is 10.1. The molecule has 26 heavy (non-hydrogen) atoms. The molecule has 0 bridgehead atoms. The average Bonchev–Trinajstić information content (AvgIpc) is 2.94. The zero-order valence-corrected chi connectivity index (χ0v) is 14.9. The van der Waals surface area contributed by atoms with Gasteiger partial charge in [-0.25, -0.2) is 4.98 Å². The molecular formula is C20H25N3O3. The molecule has 138 valence electrons. The molecule has 1 unspecified atom stereocenters. The van der Waals surface area contributed by atoms with Gasteiger partial charge in [0.1, 0.15) is 5.82 Å². The molecule has 4 rings (SSSR count). The Kier molecular flexibility index (Phi) is 5.22. The van der Waals surface area contributed by atoms with E-state index in [2.05, 4.69) is 14.8 Å². The molecule has 1 aromatic carbocycles. The van der Waals surface area contributed by atoms with Crippen LogP contribution >= 0.6 is 0 Å². The Morgan fingerprint density at radius 2 is 1.81 bits per heavy atom. The van der Waals surface area contributed by atoms with Crippen molar-refractivity contribution in [1.82, 2.24) is 9.88 Å². The Bertz CT molecular complexity index is 717. The van der Waals surface area contributed by atoms with Gasteiger partial charge in [0.05, 0.1) is 19.3 Å². The van der Waals surface area contributed by atoms with E-state index in [0.717, 1.165) is 55.5 Å². The standard InChI is InChI=1S/C20H25N3O3/c24-17(16-5-6-18-19(14-16)26-13-3-12-25-18)15-22-8-10-23(11-9-22)20-4-1-2-7-21-20/h1-2,4-7,14,17,24H,3,8-13,15H2. The first-order valence-electron chi connectivity index (χ1n) is 9.25. The topological polar surface area (TPSA) is 58.1 Å². The number of hydrogen-bond acceptors (Lipinski definition) is 6. The van der Waals surface area contributed by atoms with Crippen LogP contribution < -0.4 is 14.4 Å². The summed E-state index contributed by atoms with van der Waals surface area (Å²) in [6, 6.07) is 11.7. The second-order valence-electron chi connectivity index (χ2n) is 6.75. The molecule has 0 aliphatic carbocycles. The van der Waals surface area contributed by atoms with Gasteiger partial charge in [0.2, 0.25) is 0 Å². The van der Waals surface area contributed by atoms with Crippen molar-refractivity contribution in [2.45, 2.75) is 12.5 Å². The molecule has 6 nitrogen and oxygen atoms in total. The van der Waals surface area contributed by atoms with Crippen molar-refractivity contribution in [3.05, 3.63) is 48.2 Å². The van der Waals surface area contributed by atoms with Gasteiger partial charge >= 0.3 is 0 Å². The van der Waals surface area contributed by atoms with E-state index < -0.39 is 6.10 Å². The number of aliphatic hydroxyl groups excluding tert-OH is 1. The van der Waals surface area contributed by atoms with Crippen LogP contribution in [0.5, 0.6) is 11.5 Å². The summed E-state index contributed by atoms with van der Waals surface area (Å²) < 4.78 is 11.4. The molecule has 3 heterocycles. The van der Waals surface area contributed by atoms with Crippen molar-refractivity contribution in [2.75, 3.05) is 50.8 Å². The number of rotatable bonds is 4. The number of nitrogens with zero attached hydrogens (tertiary/aromatic N) is 3. The highest BCUT2D eigenvalue weighted by Crippen LogP contribution is 2.32. The normalized spacial score (nSPS) is 19.0. The molecule has 1 fully saturated rings. The lowest BCUT2D eigenvalue weighted by Gasteiger charge is -2.36. The highest BCUT2D eigenvalue weighted by atomic mass is 16.5. The van der Waals surface area contributed by atoms with Crippen LogP contribution in [0, 0.1) is 0 Å². The molecule has 1 N–H and O–H groups in total. The third kappa shape index (κ3) is 3.92. The van der Waals surface area contributed by atoms with Crippen LogP contribution in [-0.2, 0) is 0 Å². The van der Waals surface area contributed by atoms with Crippen molar-refractivity contribution in [3.63, 3.8) is 0 Å². The molecule has 0 amide bonds. The highest BCUT2D eigenvalue weighted by molar-refractivity contribution is 5.44. The maximum Gasteiger partial charge on any atom is 0.161 e. The lowest BCUT2D eigenvalue weighted by Crippen LogP contribution is -2.47. The van der Waals surface area contributed by atoms with E-state index in [1.807, 2.05) is 42.6 Å². The van der Waals surface area contributed by atoms with Gasteiger partial charge in [-0.3, -0.25) is 4.90 Å². The number of aromatic nitrogens is 1. The molecule has 1 aromatic heterocycles. The Morgan fingerprint density at radius 1 is 1.00 bits per heavy atom. The second kappa shape index (κ2) is 7.93. The van der Waals surface area contributed by atoms with Crippen LogP contribution in [0.4, 0.5) is 5.82 Å². The van der Waals surface area contributed by atoms with Crippen LogP contribution in [0.1, 0.15) is 18.1 Å². The number of hydrogen-bond donors (Lipinski definition) is 1. The second-order valence-corrected chi connectivity index (χ2v) is 6.75. The van der Waals surface area contributed by atoms with Gasteiger partial charge in [0.25, 0.3) is 0 Å². The van der Waals surface area contributed by atoms with Gasteiger partial charge < -0.3 is 19.5 Å². The number of β-amino-alcohol motifs (C(OH)–C–C–N with tert-alkyl or cyclic N) is 1. The van der Waals surface area contributed by atoms with E-state index in [0.29, 0.717) is 19.8 Å². The van der Waals surface area contributed by atoms with Crippen molar-refractivity contribution in [1.29, 1.82) is 0 Å². The minimum Gasteiger partial charge on any atom is -0.490 e. The smallest absolute Gasteiger partial charge is 0.161 e. The summed E-state index contributed by atoms with van der Waals surface area (Å²) in [5.41, 5.74) is 0.876. The van der Waals surface area contributed by atoms with E-state index in [4.69, 9.17) is 9.47 Å². The number of aliphatic hydroxyl groups is 1. The minimum absolute atomic E-state index is 0.534. The molecule has 6 heteroatoms. The van der Waals surface area contributed by atoms with Crippen LogP contribution in [0.3, 0.4) is 0 Å². The van der Waals surface area contributed by atoms with E-state index in [9.17, 15) is 5.11 Å². The number of pyridine rings is 1. The Labute approximate surface area is 154 Å². The van der Waals surface area contributed by atoms with Gasteiger partial charge in [-0.1, -0.05) is 12.1 Å². The zero-order chi connectivity index (χ0) is 17.8. The number of ether oxygens (including phenoxy) is 2. The molecule has 2 aromatic rings. The van der Waals surface area contributed by atoms with E-state index >= 15 is 0 Å². The van der Waals surface area contributed by atoms with Gasteiger partial charge in [-0.2, -0.15) is 0 Å². The van der Waals surface area contributed by atoms with Gasteiger partial charge in [-0.15, -0.1) is 0 Å². The fourth-order valence-electron chi connectivity index (χ4n) is 3.44. The van der Waals surface area contributed by atoms with Crippen molar-refractivity contribution >= 4 is 5.82 Å². The fourth-order valence-corrected chi connectivity index (χ4v) is 3.44. The van der Waals surface area contributed by atoms with Gasteiger partial charge in [0.15, 0.2) is 11.5 Å². The third-order valence-corrected chi connectivity index (χ3v) is 4.93. The van der Waals surface area contributed by atoms with Crippen LogP contribution in [0.2, 0.25) is 0 Å². The molecule has 2 aliphatic heterocycles. The highest BCUT2D eigenvalue weighted by Gasteiger charge is 2.21. The molecule has 0 radical (unpaired) electrons. The summed E-state index contributed by atoms with van der Waals surface area (Å²) in [7, 11) is 0. The summed E-state index contributed by atoms with van der Waals surface area (Å²) in [4.78, 5) is 9.00. The van der Waals surface area contributed by atoms with E-state index in [1.165, 1.54) is 0 Å². The van der Waals surface area contributed by atoms with Crippen LogP contribution in [-0.4, -0.2) is 60.9 Å². The summed E-state index contributed by atoms with van der Waals surface area (Å²) in [5, 5.41) is 10.7. The lowest BCUT2D eigenvalue weighted by molar-refractivity contribution is 0.109. The van der Waals surface area contributed by atoms with Gasteiger partial charge in [0, 0.05) is 45.3 Å². The summed E-state index contributed by atoms with van der Waals surface area (Å²) in [5.74, 6) is 2.53. The predicted octanol–water partition coefficient (Wildman–Crippen LogP) is 2.10. The zero-order valence-electron chi connectivity index (χ0n) is 14.9. The quantitative estimate of drug-likeness (QED) is 0.906. The van der Waals surface area contributed by atoms with Gasteiger partial charge in [-0.05, 0) is 29.8 Å². The molecule has 2 aliphatic rings. The first-order valence-corrected chi connectivity index (χ1v) is 9.25. The van der Waals surface area contributed by atoms with Crippen LogP contribution in [0.25, 0.3) is 0 Å². The average molecular weight is 355 g/mol. The Morgan fingerprint density at radius 3 is 2.58 bits per heavy atom. The maximum absolute atomic E-state index is 10.7. The number of fused-ring (bicyclic) bond motifs is 1. The largest absolute Gasteiger partial charge is 0.490 e. The first-order chi connectivity index (χ1) is 12.8. The summed E-state index contributed by atoms with van der Waals surface area (Å²) in [6.07, 6.45) is 2.18. The molecular weight excluding hydrogens is 330 g/mol. The maximum atomic E-state index is 10.7. The Balaban J connectivity index is 1.34. The molecule has 0 saturated carbocycles. The Hall–Kier alpha value is -2.31. The fraction of sp³-hybridized carbons (Fsp3) is 0.450. The van der Waals surface area contributed by atoms with Crippen molar-refractivity contribution in [2.24, 2.45) is 0 Å². The summed E-state index contributed by atoms with van der Waals surface area (Å²) in [6.45, 7) is 5.62. The van der Waals surface area contributed by atoms with E-state index in [-0.39, 0.29) is 0 Å². The molecule has 1 saturated heterocycles. The molecule has 1 atom stereocenters. The first kappa shape index (κ1) is 17.1. The third-order valence-electron chi connectivity index (χ3n) is 4.93. The van der Waals surface area contributed by atoms with Crippen molar-refractivity contribution < 1.29 is 14.6 Å². The number of piperazine rings is 1. The molecule has 0 spiro atoms. The monoisotopic (exact) mass is 355 g/mol. The minimum atomic E-state index is -0.534. The predicted molar refractivity (Wildman–Crippen MR) is 99.9 cm³/mol. The van der Waals surface area contributed by atoms with Crippen LogP contribution in [0.15, 0.2) is 42.6 Å².